The van der Waals surface area contributed by atoms with Crippen molar-refractivity contribution in [1.82, 2.24) is 9.78 Å². The van der Waals surface area contributed by atoms with Gasteiger partial charge in [-0.2, -0.15) is 5.10 Å². The zero-order valence-electron chi connectivity index (χ0n) is 14.3. The normalized spacial score (nSPS) is 19.3. The Morgan fingerprint density at radius 3 is 2.30 bits per heavy atom. The fourth-order valence-electron chi connectivity index (χ4n) is 2.54. The lowest BCUT2D eigenvalue weighted by Crippen LogP contribution is -2.41. The zero-order valence-corrected chi connectivity index (χ0v) is 14.3. The van der Waals surface area contributed by atoms with Gasteiger partial charge in [-0.3, -0.25) is 4.68 Å². The van der Waals surface area contributed by atoms with E-state index in [9.17, 15) is 4.39 Å². The number of hydrogen-bond acceptors (Lipinski definition) is 3. The van der Waals surface area contributed by atoms with Crippen LogP contribution in [0.25, 0.3) is 0 Å². The Balaban J connectivity index is 1.80. The van der Waals surface area contributed by atoms with E-state index in [4.69, 9.17) is 9.31 Å². The van der Waals surface area contributed by atoms with Crippen molar-refractivity contribution in [2.75, 3.05) is 0 Å². The molecule has 0 unspecified atom stereocenters. The molecule has 3 rings (SSSR count). The van der Waals surface area contributed by atoms with E-state index >= 15 is 0 Å². The Bertz CT molecular complexity index is 711. The fourth-order valence-corrected chi connectivity index (χ4v) is 2.54. The van der Waals surface area contributed by atoms with Crippen LogP contribution in [-0.4, -0.2) is 28.1 Å². The highest BCUT2D eigenvalue weighted by molar-refractivity contribution is 6.62. The molecule has 0 aliphatic carbocycles. The number of aromatic nitrogens is 2. The number of nitrogens with zero attached hydrogens (tertiary/aromatic N) is 2. The molecular formula is C17H22BFN2O2. The molecule has 0 spiro atoms. The molecule has 2 aromatic rings. The minimum Gasteiger partial charge on any atom is -0.399 e. The molecule has 1 saturated heterocycles. The van der Waals surface area contributed by atoms with Crippen molar-refractivity contribution >= 4 is 12.6 Å². The van der Waals surface area contributed by atoms with Crippen LogP contribution in [0.3, 0.4) is 0 Å². The van der Waals surface area contributed by atoms with E-state index in [0.717, 1.165) is 5.69 Å². The Hall–Kier alpha value is -1.66. The molecule has 0 N–H and O–H groups in total. The smallest absolute Gasteiger partial charge is 0.399 e. The van der Waals surface area contributed by atoms with E-state index in [0.29, 0.717) is 17.6 Å². The van der Waals surface area contributed by atoms with Gasteiger partial charge in [-0.25, -0.2) is 4.39 Å². The summed E-state index contributed by atoms with van der Waals surface area (Å²) in [5.41, 5.74) is 1.34. The molecule has 2 heterocycles. The molecule has 0 bridgehead atoms. The van der Waals surface area contributed by atoms with Gasteiger partial charge in [-0.05, 0) is 52.2 Å². The third-order valence-electron chi connectivity index (χ3n) is 4.71. The maximum absolute atomic E-state index is 14.4. The van der Waals surface area contributed by atoms with Crippen molar-refractivity contribution < 1.29 is 13.7 Å². The van der Waals surface area contributed by atoms with Gasteiger partial charge >= 0.3 is 7.12 Å². The largest absolute Gasteiger partial charge is 0.494 e. The molecule has 6 heteroatoms. The molecule has 23 heavy (non-hydrogen) atoms. The van der Waals surface area contributed by atoms with E-state index in [1.807, 2.05) is 52.9 Å². The summed E-state index contributed by atoms with van der Waals surface area (Å²) >= 11 is 0. The maximum atomic E-state index is 14.4. The van der Waals surface area contributed by atoms with E-state index in [2.05, 4.69) is 5.10 Å². The lowest BCUT2D eigenvalue weighted by atomic mass is 9.78. The predicted octanol–water partition coefficient (Wildman–Crippen LogP) is 2.68. The van der Waals surface area contributed by atoms with Crippen molar-refractivity contribution in [3.63, 3.8) is 0 Å². The van der Waals surface area contributed by atoms with Crippen LogP contribution in [0.1, 0.15) is 39.0 Å². The molecule has 0 saturated carbocycles. The molecule has 0 amide bonds. The minimum atomic E-state index is -0.546. The summed E-state index contributed by atoms with van der Waals surface area (Å²) in [6, 6.07) is 7.02. The first kappa shape index (κ1) is 16.2. The average Bonchev–Trinajstić information content (AvgIpc) is 2.93. The van der Waals surface area contributed by atoms with Gasteiger partial charge in [0.25, 0.3) is 0 Å². The van der Waals surface area contributed by atoms with Crippen molar-refractivity contribution in [2.45, 2.75) is 52.4 Å². The van der Waals surface area contributed by atoms with Crippen LogP contribution < -0.4 is 5.46 Å². The molecule has 0 atom stereocenters. The van der Waals surface area contributed by atoms with Gasteiger partial charge < -0.3 is 9.31 Å². The van der Waals surface area contributed by atoms with E-state index in [1.165, 1.54) is 6.07 Å². The van der Waals surface area contributed by atoms with Crippen molar-refractivity contribution in [3.05, 3.63) is 47.5 Å². The Morgan fingerprint density at radius 2 is 1.78 bits per heavy atom. The van der Waals surface area contributed by atoms with Crippen LogP contribution in [0.5, 0.6) is 0 Å². The first-order valence-electron chi connectivity index (χ1n) is 7.82. The zero-order chi connectivity index (χ0) is 16.8. The fraction of sp³-hybridized carbons (Fsp3) is 0.471. The van der Waals surface area contributed by atoms with E-state index in [-0.39, 0.29) is 5.82 Å². The molecule has 1 fully saturated rings. The topological polar surface area (TPSA) is 36.3 Å². The molecule has 1 aliphatic rings. The van der Waals surface area contributed by atoms with Crippen LogP contribution in [0.2, 0.25) is 0 Å². The van der Waals surface area contributed by atoms with E-state index < -0.39 is 18.3 Å². The SMILES string of the molecule is Cc1ccn(Cc2ccc(B3OC(C)(C)C(C)(C)O3)cc2F)n1. The lowest BCUT2D eigenvalue weighted by Gasteiger charge is -2.32. The molecule has 1 aromatic carbocycles. The standard InChI is InChI=1S/C17H22BFN2O2/c1-12-8-9-21(20-12)11-13-6-7-14(10-15(13)19)18-22-16(2,3)17(4,5)23-18/h6-10H,11H2,1-5H3. The van der Waals surface area contributed by atoms with Crippen molar-refractivity contribution in [3.8, 4) is 0 Å². The summed E-state index contributed by atoms with van der Waals surface area (Å²) in [7, 11) is -0.546. The number of halogens is 1. The van der Waals surface area contributed by atoms with Gasteiger partial charge in [0, 0.05) is 11.8 Å². The molecule has 1 aliphatic heterocycles. The summed E-state index contributed by atoms with van der Waals surface area (Å²) in [6.07, 6.45) is 1.84. The van der Waals surface area contributed by atoms with Gasteiger partial charge in [0.15, 0.2) is 0 Å². The summed E-state index contributed by atoms with van der Waals surface area (Å²) in [5, 5.41) is 4.29. The molecule has 0 radical (unpaired) electrons. The monoisotopic (exact) mass is 316 g/mol. The summed E-state index contributed by atoms with van der Waals surface area (Å²) in [4.78, 5) is 0. The van der Waals surface area contributed by atoms with Gasteiger partial charge in [0.1, 0.15) is 5.82 Å². The second-order valence-electron chi connectivity index (χ2n) is 7.09. The Kier molecular flexibility index (Phi) is 3.85. The van der Waals surface area contributed by atoms with Crippen molar-refractivity contribution in [2.24, 2.45) is 0 Å². The maximum Gasteiger partial charge on any atom is 0.494 e. The molecule has 1 aromatic heterocycles. The highest BCUT2D eigenvalue weighted by atomic mass is 19.1. The number of aryl methyl sites for hydroxylation is 1. The van der Waals surface area contributed by atoms with Gasteiger partial charge in [-0.1, -0.05) is 12.1 Å². The first-order valence-corrected chi connectivity index (χ1v) is 7.82. The summed E-state index contributed by atoms with van der Waals surface area (Å²) in [5.74, 6) is -0.273. The number of rotatable bonds is 3. The van der Waals surface area contributed by atoms with Crippen LogP contribution in [0, 0.1) is 12.7 Å². The predicted molar refractivity (Wildman–Crippen MR) is 88.2 cm³/mol. The highest BCUT2D eigenvalue weighted by Gasteiger charge is 2.51. The molecule has 4 nitrogen and oxygen atoms in total. The average molecular weight is 316 g/mol. The lowest BCUT2D eigenvalue weighted by molar-refractivity contribution is 0.00578. The summed E-state index contributed by atoms with van der Waals surface area (Å²) in [6.45, 7) is 10.3. The molecule has 122 valence electrons. The minimum absolute atomic E-state index is 0.273. The highest BCUT2D eigenvalue weighted by Crippen LogP contribution is 2.36. The first-order chi connectivity index (χ1) is 10.7. The van der Waals surface area contributed by atoms with E-state index in [1.54, 1.807) is 10.7 Å². The van der Waals surface area contributed by atoms with Crippen LogP contribution in [-0.2, 0) is 15.9 Å². The third-order valence-corrected chi connectivity index (χ3v) is 4.71. The summed E-state index contributed by atoms with van der Waals surface area (Å²) < 4.78 is 28.1. The van der Waals surface area contributed by atoms with Gasteiger partial charge in [0.05, 0.1) is 23.4 Å². The Labute approximate surface area is 136 Å². The number of benzene rings is 1. The second-order valence-corrected chi connectivity index (χ2v) is 7.09. The van der Waals surface area contributed by atoms with Crippen LogP contribution in [0.15, 0.2) is 30.5 Å². The van der Waals surface area contributed by atoms with Crippen LogP contribution in [0.4, 0.5) is 4.39 Å². The van der Waals surface area contributed by atoms with Crippen LogP contribution >= 0.6 is 0 Å². The molecular weight excluding hydrogens is 294 g/mol. The van der Waals surface area contributed by atoms with Crippen molar-refractivity contribution in [1.29, 1.82) is 0 Å². The second kappa shape index (κ2) is 5.46. The quantitative estimate of drug-likeness (QED) is 0.817. The van der Waals surface area contributed by atoms with Gasteiger partial charge in [0.2, 0.25) is 0 Å². The van der Waals surface area contributed by atoms with Gasteiger partial charge in [-0.15, -0.1) is 0 Å². The third kappa shape index (κ3) is 3.05. The Morgan fingerprint density at radius 1 is 1.13 bits per heavy atom. The number of hydrogen-bond donors (Lipinski definition) is 0.